The summed E-state index contributed by atoms with van der Waals surface area (Å²) in [4.78, 5) is 25.5. The molecule has 0 aliphatic rings. The molecule has 0 fully saturated rings. The number of amides is 2. The monoisotopic (exact) mass is 502 g/mol. The minimum atomic E-state index is -0.105. The molecule has 2 amide bonds. The van der Waals surface area contributed by atoms with E-state index in [9.17, 15) is 9.59 Å². The van der Waals surface area contributed by atoms with Crippen LogP contribution < -0.4 is 15.4 Å². The van der Waals surface area contributed by atoms with Crippen molar-refractivity contribution in [3.63, 3.8) is 0 Å². The molecule has 4 aromatic rings. The first kappa shape index (κ1) is 24.4. The molecular weight excluding hydrogens is 480 g/mol. The maximum absolute atomic E-state index is 12.3. The Morgan fingerprint density at radius 1 is 0.686 bits per heavy atom. The molecule has 0 aliphatic heterocycles. The van der Waals surface area contributed by atoms with E-state index in [4.69, 9.17) is 16.3 Å². The maximum atomic E-state index is 12.3. The summed E-state index contributed by atoms with van der Waals surface area (Å²) < 4.78 is 5.76. The van der Waals surface area contributed by atoms with Gasteiger partial charge in [-0.15, -0.1) is 11.8 Å². The molecule has 0 saturated heterocycles. The van der Waals surface area contributed by atoms with Crippen LogP contribution >= 0.6 is 23.4 Å². The van der Waals surface area contributed by atoms with Gasteiger partial charge >= 0.3 is 0 Å². The van der Waals surface area contributed by atoms with Crippen LogP contribution in [0.5, 0.6) is 11.5 Å². The lowest BCUT2D eigenvalue weighted by atomic mass is 10.1. The van der Waals surface area contributed by atoms with Gasteiger partial charge in [0.1, 0.15) is 11.5 Å². The predicted octanol–water partition coefficient (Wildman–Crippen LogP) is 7.04. The zero-order valence-electron chi connectivity index (χ0n) is 18.7. The number of benzene rings is 4. The molecule has 4 aromatic carbocycles. The molecule has 0 bridgehead atoms. The molecule has 0 spiro atoms. The lowest BCUT2D eigenvalue weighted by molar-refractivity contribution is -0.115. The predicted molar refractivity (Wildman–Crippen MR) is 143 cm³/mol. The van der Waals surface area contributed by atoms with E-state index in [-0.39, 0.29) is 24.0 Å². The number of nitrogens with one attached hydrogen (secondary N) is 2. The van der Waals surface area contributed by atoms with Crippen molar-refractivity contribution >= 4 is 46.6 Å². The van der Waals surface area contributed by atoms with Crippen molar-refractivity contribution in [2.45, 2.75) is 11.3 Å². The van der Waals surface area contributed by atoms with E-state index in [1.807, 2.05) is 91.0 Å². The van der Waals surface area contributed by atoms with E-state index in [0.717, 1.165) is 16.2 Å². The van der Waals surface area contributed by atoms with E-state index in [0.29, 0.717) is 22.1 Å². The fraction of sp³-hybridized carbons (Fsp3) is 0.0714. The summed E-state index contributed by atoms with van der Waals surface area (Å²) in [6.45, 7) is 0. The summed E-state index contributed by atoms with van der Waals surface area (Å²) in [6, 6.07) is 31.4. The van der Waals surface area contributed by atoms with Crippen LogP contribution in [0.1, 0.15) is 5.56 Å². The Morgan fingerprint density at radius 2 is 1.26 bits per heavy atom. The molecule has 176 valence electrons. The quantitative estimate of drug-likeness (QED) is 0.241. The molecule has 35 heavy (non-hydrogen) atoms. The normalized spacial score (nSPS) is 10.4. The van der Waals surface area contributed by atoms with Crippen LogP contribution in [0.15, 0.2) is 108 Å². The van der Waals surface area contributed by atoms with Crippen molar-refractivity contribution in [2.24, 2.45) is 0 Å². The molecule has 0 saturated carbocycles. The van der Waals surface area contributed by atoms with Crippen molar-refractivity contribution < 1.29 is 14.3 Å². The van der Waals surface area contributed by atoms with Gasteiger partial charge in [-0.1, -0.05) is 41.9 Å². The molecule has 0 heterocycles. The van der Waals surface area contributed by atoms with Gasteiger partial charge < -0.3 is 15.4 Å². The fourth-order valence-electron chi connectivity index (χ4n) is 3.20. The number of carbonyl (C=O) groups is 2. The average Bonchev–Trinajstić information content (AvgIpc) is 2.87. The SMILES string of the molecule is O=C(CSc1ccc(NC(=O)Cc2ccc(Cl)cc2)cc1)Nc1ccc(Oc2ccccc2)cc1. The molecule has 0 aliphatic carbocycles. The van der Waals surface area contributed by atoms with Gasteiger partial charge in [-0.2, -0.15) is 0 Å². The van der Waals surface area contributed by atoms with Crippen LogP contribution in [-0.2, 0) is 16.0 Å². The molecule has 4 rings (SSSR count). The second-order valence-electron chi connectivity index (χ2n) is 7.65. The first-order valence-electron chi connectivity index (χ1n) is 10.9. The molecule has 0 unspecified atom stereocenters. The van der Waals surface area contributed by atoms with Crippen LogP contribution in [0.4, 0.5) is 11.4 Å². The number of thioether (sulfide) groups is 1. The van der Waals surface area contributed by atoms with Gasteiger partial charge in [0.15, 0.2) is 0 Å². The molecule has 5 nitrogen and oxygen atoms in total. The number of carbonyl (C=O) groups excluding carboxylic acids is 2. The number of rotatable bonds is 9. The Morgan fingerprint density at radius 3 is 1.91 bits per heavy atom. The van der Waals surface area contributed by atoms with E-state index in [1.165, 1.54) is 11.8 Å². The Labute approximate surface area is 213 Å². The lowest BCUT2D eigenvalue weighted by Crippen LogP contribution is -2.14. The third-order valence-electron chi connectivity index (χ3n) is 4.90. The van der Waals surface area contributed by atoms with E-state index >= 15 is 0 Å². The summed E-state index contributed by atoms with van der Waals surface area (Å²) in [5, 5.41) is 6.41. The van der Waals surface area contributed by atoms with Crippen molar-refractivity contribution in [3.05, 3.63) is 114 Å². The zero-order chi connectivity index (χ0) is 24.5. The summed E-state index contributed by atoms with van der Waals surface area (Å²) in [6.07, 6.45) is 0.271. The Bertz CT molecular complexity index is 1260. The Balaban J connectivity index is 1.21. The van der Waals surface area contributed by atoms with Crippen molar-refractivity contribution in [2.75, 3.05) is 16.4 Å². The summed E-state index contributed by atoms with van der Waals surface area (Å²) in [7, 11) is 0. The topological polar surface area (TPSA) is 67.4 Å². The number of ether oxygens (including phenoxy) is 1. The Hall–Kier alpha value is -3.74. The van der Waals surface area contributed by atoms with Gasteiger partial charge in [-0.05, 0) is 78.4 Å². The number of halogens is 1. The summed E-state index contributed by atoms with van der Waals surface area (Å²) in [5.74, 6) is 1.51. The highest BCUT2D eigenvalue weighted by atomic mass is 35.5. The Kier molecular flexibility index (Phi) is 8.44. The van der Waals surface area contributed by atoms with E-state index in [1.54, 1.807) is 12.1 Å². The van der Waals surface area contributed by atoms with Crippen LogP contribution in [-0.4, -0.2) is 17.6 Å². The van der Waals surface area contributed by atoms with Crippen molar-refractivity contribution in [3.8, 4) is 11.5 Å². The standard InChI is InChI=1S/C28H23ClN2O3S/c29-21-8-6-20(7-9-21)18-27(32)30-23-12-16-26(17-13-23)35-19-28(33)31-22-10-14-25(15-11-22)34-24-4-2-1-3-5-24/h1-17H,18-19H2,(H,30,32)(H,31,33). The molecule has 2 N–H and O–H groups in total. The summed E-state index contributed by atoms with van der Waals surface area (Å²) >= 11 is 7.30. The highest BCUT2D eigenvalue weighted by molar-refractivity contribution is 8.00. The van der Waals surface area contributed by atoms with Gasteiger partial charge in [0.2, 0.25) is 11.8 Å². The van der Waals surface area contributed by atoms with Crippen LogP contribution in [0, 0.1) is 0 Å². The average molecular weight is 503 g/mol. The number of hydrogen-bond acceptors (Lipinski definition) is 4. The minimum absolute atomic E-state index is 0.104. The fourth-order valence-corrected chi connectivity index (χ4v) is 4.03. The first-order chi connectivity index (χ1) is 17.0. The minimum Gasteiger partial charge on any atom is -0.457 e. The van der Waals surface area contributed by atoms with Crippen LogP contribution in [0.3, 0.4) is 0 Å². The number of anilines is 2. The molecule has 0 aromatic heterocycles. The molecule has 0 radical (unpaired) electrons. The molecule has 7 heteroatoms. The highest BCUT2D eigenvalue weighted by Gasteiger charge is 2.07. The molecule has 0 atom stereocenters. The largest absolute Gasteiger partial charge is 0.457 e. The van der Waals surface area contributed by atoms with Gasteiger partial charge in [0.05, 0.1) is 12.2 Å². The number of hydrogen-bond donors (Lipinski definition) is 2. The van der Waals surface area contributed by atoms with E-state index < -0.39 is 0 Å². The highest BCUT2D eigenvalue weighted by Crippen LogP contribution is 2.24. The van der Waals surface area contributed by atoms with E-state index in [2.05, 4.69) is 10.6 Å². The number of para-hydroxylation sites is 1. The second-order valence-corrected chi connectivity index (χ2v) is 9.14. The smallest absolute Gasteiger partial charge is 0.234 e. The van der Waals surface area contributed by atoms with Crippen LogP contribution in [0.2, 0.25) is 5.02 Å². The molecular formula is C28H23ClN2O3S. The second kappa shape index (κ2) is 12.1. The van der Waals surface area contributed by atoms with Crippen molar-refractivity contribution in [1.82, 2.24) is 0 Å². The van der Waals surface area contributed by atoms with Gasteiger partial charge in [-0.25, -0.2) is 0 Å². The zero-order valence-corrected chi connectivity index (χ0v) is 20.3. The lowest BCUT2D eigenvalue weighted by Gasteiger charge is -2.09. The van der Waals surface area contributed by atoms with Gasteiger partial charge in [0.25, 0.3) is 0 Å². The maximum Gasteiger partial charge on any atom is 0.234 e. The third kappa shape index (κ3) is 7.91. The van der Waals surface area contributed by atoms with Gasteiger partial charge in [0, 0.05) is 21.3 Å². The first-order valence-corrected chi connectivity index (χ1v) is 12.3. The summed E-state index contributed by atoms with van der Waals surface area (Å²) in [5.41, 5.74) is 2.30. The van der Waals surface area contributed by atoms with Crippen molar-refractivity contribution in [1.29, 1.82) is 0 Å². The van der Waals surface area contributed by atoms with Crippen LogP contribution in [0.25, 0.3) is 0 Å². The van der Waals surface area contributed by atoms with Gasteiger partial charge in [-0.3, -0.25) is 9.59 Å². The third-order valence-corrected chi connectivity index (χ3v) is 6.17.